The standard InChI is InChI=1S/C16H18N6OS2/c1-2-12-20-21-15(24-12)19-13(23)10-5-4-8-22(9-10)16-18-11-6-3-7-17-14(11)25-16/h3,6-7,10H,2,4-5,8-9H2,1H3,(H,19,21,23). The number of amides is 1. The summed E-state index contributed by atoms with van der Waals surface area (Å²) in [7, 11) is 0. The summed E-state index contributed by atoms with van der Waals surface area (Å²) in [5, 5.41) is 13.5. The van der Waals surface area contributed by atoms with E-state index in [1.54, 1.807) is 17.5 Å². The molecule has 0 bridgehead atoms. The van der Waals surface area contributed by atoms with Gasteiger partial charge in [0.1, 0.15) is 15.4 Å². The Morgan fingerprint density at radius 2 is 2.32 bits per heavy atom. The third-order valence-corrected chi connectivity index (χ3v) is 6.24. The van der Waals surface area contributed by atoms with Gasteiger partial charge in [0, 0.05) is 19.3 Å². The second-order valence-corrected chi connectivity index (χ2v) is 7.97. The zero-order valence-corrected chi connectivity index (χ0v) is 15.4. The van der Waals surface area contributed by atoms with E-state index >= 15 is 0 Å². The average Bonchev–Trinajstić information content (AvgIpc) is 3.28. The normalized spacial score (nSPS) is 17.8. The first kappa shape index (κ1) is 16.3. The highest BCUT2D eigenvalue weighted by Crippen LogP contribution is 2.30. The van der Waals surface area contributed by atoms with E-state index in [2.05, 4.69) is 30.4 Å². The minimum atomic E-state index is -0.0669. The molecule has 0 aromatic carbocycles. The van der Waals surface area contributed by atoms with Gasteiger partial charge in [-0.3, -0.25) is 4.79 Å². The van der Waals surface area contributed by atoms with E-state index < -0.39 is 0 Å². The van der Waals surface area contributed by atoms with Crippen LogP contribution in [0.4, 0.5) is 10.3 Å². The van der Waals surface area contributed by atoms with Crippen LogP contribution in [0.5, 0.6) is 0 Å². The van der Waals surface area contributed by atoms with E-state index in [-0.39, 0.29) is 11.8 Å². The lowest BCUT2D eigenvalue weighted by Gasteiger charge is -2.31. The third-order valence-electron chi connectivity index (χ3n) is 4.22. The van der Waals surface area contributed by atoms with Crippen molar-refractivity contribution in [3.05, 3.63) is 23.3 Å². The number of thiazole rings is 1. The van der Waals surface area contributed by atoms with Crippen molar-refractivity contribution in [3.63, 3.8) is 0 Å². The highest BCUT2D eigenvalue weighted by Gasteiger charge is 2.28. The molecule has 3 aromatic rings. The molecule has 25 heavy (non-hydrogen) atoms. The summed E-state index contributed by atoms with van der Waals surface area (Å²) in [5.41, 5.74) is 0.912. The monoisotopic (exact) mass is 374 g/mol. The minimum Gasteiger partial charge on any atom is -0.347 e. The number of nitrogens with one attached hydrogen (secondary N) is 1. The molecule has 9 heteroatoms. The van der Waals surface area contributed by atoms with Crippen LogP contribution in [0.3, 0.4) is 0 Å². The van der Waals surface area contributed by atoms with Crippen LogP contribution in [0.1, 0.15) is 24.8 Å². The second kappa shape index (κ2) is 7.01. The van der Waals surface area contributed by atoms with Crippen molar-refractivity contribution in [1.29, 1.82) is 0 Å². The van der Waals surface area contributed by atoms with Gasteiger partial charge in [-0.1, -0.05) is 29.6 Å². The van der Waals surface area contributed by atoms with Crippen LogP contribution in [0.2, 0.25) is 0 Å². The lowest BCUT2D eigenvalue weighted by atomic mass is 9.98. The van der Waals surface area contributed by atoms with Crippen molar-refractivity contribution in [2.24, 2.45) is 5.92 Å². The molecule has 4 heterocycles. The Labute approximate surface area is 153 Å². The molecule has 0 radical (unpaired) electrons. The molecule has 1 fully saturated rings. The van der Waals surface area contributed by atoms with Gasteiger partial charge in [0.25, 0.3) is 0 Å². The fraction of sp³-hybridized carbons (Fsp3) is 0.438. The minimum absolute atomic E-state index is 0.0164. The first-order chi connectivity index (χ1) is 12.2. The van der Waals surface area contributed by atoms with Crippen LogP contribution < -0.4 is 10.2 Å². The van der Waals surface area contributed by atoms with Gasteiger partial charge in [0.2, 0.25) is 11.0 Å². The SMILES string of the molecule is CCc1nnc(NC(=O)C2CCCN(c3nc4cccnc4s3)C2)s1. The van der Waals surface area contributed by atoms with E-state index in [4.69, 9.17) is 0 Å². The van der Waals surface area contributed by atoms with Crippen molar-refractivity contribution in [2.75, 3.05) is 23.3 Å². The first-order valence-electron chi connectivity index (χ1n) is 8.32. The Kier molecular flexibility index (Phi) is 4.58. The van der Waals surface area contributed by atoms with Crippen molar-refractivity contribution in [2.45, 2.75) is 26.2 Å². The van der Waals surface area contributed by atoms with E-state index in [9.17, 15) is 4.79 Å². The molecule has 130 valence electrons. The summed E-state index contributed by atoms with van der Waals surface area (Å²) >= 11 is 3.02. The topological polar surface area (TPSA) is 83.9 Å². The quantitative estimate of drug-likeness (QED) is 0.756. The van der Waals surface area contributed by atoms with Crippen molar-refractivity contribution in [3.8, 4) is 0 Å². The zero-order chi connectivity index (χ0) is 17.2. The van der Waals surface area contributed by atoms with Crippen LogP contribution >= 0.6 is 22.7 Å². The second-order valence-electron chi connectivity index (χ2n) is 5.95. The Morgan fingerprint density at radius 1 is 1.40 bits per heavy atom. The number of hydrogen-bond donors (Lipinski definition) is 1. The highest BCUT2D eigenvalue weighted by atomic mass is 32.1. The number of anilines is 2. The fourth-order valence-corrected chi connectivity index (χ4v) is 4.54. The molecule has 4 rings (SSSR count). The van der Waals surface area contributed by atoms with Gasteiger partial charge < -0.3 is 10.2 Å². The number of rotatable bonds is 4. The number of carbonyl (C=O) groups is 1. The first-order valence-corrected chi connectivity index (χ1v) is 9.96. The zero-order valence-electron chi connectivity index (χ0n) is 13.8. The highest BCUT2D eigenvalue weighted by molar-refractivity contribution is 7.21. The van der Waals surface area contributed by atoms with Crippen molar-refractivity contribution in [1.82, 2.24) is 20.2 Å². The molecular weight excluding hydrogens is 356 g/mol. The Bertz CT molecular complexity index is 859. The summed E-state index contributed by atoms with van der Waals surface area (Å²) in [6, 6.07) is 3.86. The Balaban J connectivity index is 1.45. The molecule has 1 amide bonds. The van der Waals surface area contributed by atoms with Gasteiger partial charge in [0.15, 0.2) is 5.13 Å². The molecule has 1 N–H and O–H groups in total. The van der Waals surface area contributed by atoms with E-state index in [1.165, 1.54) is 11.3 Å². The summed E-state index contributed by atoms with van der Waals surface area (Å²) in [6.45, 7) is 3.62. The summed E-state index contributed by atoms with van der Waals surface area (Å²) < 4.78 is 0. The number of aryl methyl sites for hydroxylation is 1. The van der Waals surface area contributed by atoms with Gasteiger partial charge in [0.05, 0.1) is 5.92 Å². The van der Waals surface area contributed by atoms with Gasteiger partial charge in [-0.05, 0) is 31.4 Å². The van der Waals surface area contributed by atoms with Crippen LogP contribution in [-0.2, 0) is 11.2 Å². The van der Waals surface area contributed by atoms with E-state index in [0.29, 0.717) is 11.7 Å². The van der Waals surface area contributed by atoms with Crippen LogP contribution in [-0.4, -0.2) is 39.2 Å². The van der Waals surface area contributed by atoms with E-state index in [0.717, 1.165) is 46.3 Å². The molecule has 0 saturated carbocycles. The maximum atomic E-state index is 12.6. The largest absolute Gasteiger partial charge is 0.347 e. The van der Waals surface area contributed by atoms with E-state index in [1.807, 2.05) is 19.1 Å². The number of carbonyl (C=O) groups excluding carboxylic acids is 1. The van der Waals surface area contributed by atoms with Gasteiger partial charge in [-0.2, -0.15) is 0 Å². The number of nitrogens with zero attached hydrogens (tertiary/aromatic N) is 5. The Hall–Kier alpha value is -2.13. The van der Waals surface area contributed by atoms with Gasteiger partial charge in [-0.25, -0.2) is 9.97 Å². The molecule has 1 atom stereocenters. The molecule has 1 aliphatic rings. The van der Waals surface area contributed by atoms with Gasteiger partial charge >= 0.3 is 0 Å². The summed E-state index contributed by atoms with van der Waals surface area (Å²) in [4.78, 5) is 24.7. The van der Waals surface area contributed by atoms with Crippen LogP contribution in [0.15, 0.2) is 18.3 Å². The maximum Gasteiger partial charge on any atom is 0.231 e. The average molecular weight is 374 g/mol. The Morgan fingerprint density at radius 3 is 3.12 bits per heavy atom. The van der Waals surface area contributed by atoms with Crippen molar-refractivity contribution >= 4 is 49.2 Å². The fourth-order valence-electron chi connectivity index (χ4n) is 2.91. The van der Waals surface area contributed by atoms with Crippen LogP contribution in [0.25, 0.3) is 10.3 Å². The number of piperidine rings is 1. The maximum absolute atomic E-state index is 12.6. The lowest BCUT2D eigenvalue weighted by molar-refractivity contribution is -0.120. The number of hydrogen-bond acceptors (Lipinski definition) is 8. The third kappa shape index (κ3) is 3.47. The number of fused-ring (bicyclic) bond motifs is 1. The van der Waals surface area contributed by atoms with Crippen LogP contribution in [0, 0.1) is 5.92 Å². The molecule has 7 nitrogen and oxygen atoms in total. The number of aromatic nitrogens is 4. The molecule has 0 aliphatic carbocycles. The molecule has 1 saturated heterocycles. The summed E-state index contributed by atoms with van der Waals surface area (Å²) in [5.74, 6) is -0.0505. The smallest absolute Gasteiger partial charge is 0.231 e. The molecular formula is C16H18N6OS2. The van der Waals surface area contributed by atoms with Gasteiger partial charge in [-0.15, -0.1) is 10.2 Å². The van der Waals surface area contributed by atoms with Crippen molar-refractivity contribution < 1.29 is 4.79 Å². The molecule has 3 aromatic heterocycles. The predicted molar refractivity (Wildman–Crippen MR) is 100 cm³/mol. The molecule has 1 unspecified atom stereocenters. The molecule has 0 spiro atoms. The molecule has 1 aliphatic heterocycles. The predicted octanol–water partition coefficient (Wildman–Crippen LogP) is 2.96. The number of pyridine rings is 1. The lowest BCUT2D eigenvalue weighted by Crippen LogP contribution is -2.40. The summed E-state index contributed by atoms with van der Waals surface area (Å²) in [6.07, 6.45) is 4.46.